The van der Waals surface area contributed by atoms with Crippen LogP contribution in [-0.2, 0) is 16.2 Å². The van der Waals surface area contributed by atoms with Gasteiger partial charge in [-0.1, -0.05) is 116 Å². The van der Waals surface area contributed by atoms with Crippen molar-refractivity contribution >= 4 is 17.5 Å². The Morgan fingerprint density at radius 2 is 1.51 bits per heavy atom. The summed E-state index contributed by atoms with van der Waals surface area (Å²) in [5, 5.41) is 25.4. The van der Waals surface area contributed by atoms with Gasteiger partial charge in [0, 0.05) is 36.4 Å². The third-order valence-electron chi connectivity index (χ3n) is 12.7. The largest absolute Gasteiger partial charge is 0.460 e. The van der Waals surface area contributed by atoms with E-state index < -0.39 is 5.79 Å². The fourth-order valence-electron chi connectivity index (χ4n) is 10.0. The Balaban J connectivity index is 1.23. The smallest absolute Gasteiger partial charge is 0.230 e. The molecule has 0 saturated heterocycles. The summed E-state index contributed by atoms with van der Waals surface area (Å²) in [6.07, 6.45) is 15.0. The zero-order chi connectivity index (χ0) is 40.4. The highest BCUT2D eigenvalue weighted by atomic mass is 32.2. The van der Waals surface area contributed by atoms with Crippen LogP contribution in [0.1, 0.15) is 87.7 Å². The highest BCUT2D eigenvalue weighted by molar-refractivity contribution is 8.00. The Morgan fingerprint density at radius 1 is 0.814 bits per heavy atom. The van der Waals surface area contributed by atoms with E-state index in [9.17, 15) is 10.2 Å². The first kappa shape index (κ1) is 41.4. The molecule has 0 radical (unpaired) electrons. The molecule has 6 unspecified atom stereocenters. The number of thioether (sulfide) groups is 1. The van der Waals surface area contributed by atoms with Crippen molar-refractivity contribution in [1.82, 2.24) is 0 Å². The van der Waals surface area contributed by atoms with Crippen LogP contribution >= 0.6 is 11.8 Å². The monoisotopic (exact) mass is 813 g/mol. The van der Waals surface area contributed by atoms with Crippen LogP contribution in [0.2, 0.25) is 0 Å². The standard InChI is InChI=1S/C51H59NO6S/c1-2-31-55-51-48(59-42-20-9-10-21-42)34-46(52-56-35-36-15-5-3-6-16-36)44-32-39(19-11-13-29-53)43(22-12-14-30-54)49(50(44)51)45-33-41(27-28-47(45)58-51)57-40-25-23-38(24-26-40)37-17-7-4-8-18-37/h2-8,15-18,23-28,32-33,39,42-43,48-50,53-54H,1,9-14,19-22,29-31,34-35H2. The third kappa shape index (κ3) is 9.36. The molecule has 1 heterocycles. The molecule has 4 aromatic rings. The SMILES string of the molecule is C=CCOC12Oc3ccc(Oc4ccc(-c5ccccc5)cc4)cc3C3C(CCCCO)C(CCCCO)C=C(C(=NOCc4ccccc4)CC1SC1CCCC1)C32. The van der Waals surface area contributed by atoms with Crippen molar-refractivity contribution in [3.63, 3.8) is 0 Å². The number of aliphatic hydroxyl groups is 2. The number of aliphatic hydroxyl groups excluding tert-OH is 2. The Kier molecular flexibility index (Phi) is 13.9. The molecule has 0 spiro atoms. The summed E-state index contributed by atoms with van der Waals surface area (Å²) in [4.78, 5) is 6.25. The van der Waals surface area contributed by atoms with Gasteiger partial charge in [-0.3, -0.25) is 0 Å². The molecule has 3 aliphatic carbocycles. The van der Waals surface area contributed by atoms with E-state index in [0.29, 0.717) is 24.9 Å². The van der Waals surface area contributed by atoms with Crippen LogP contribution in [-0.4, -0.2) is 52.0 Å². The fourth-order valence-corrected chi connectivity index (χ4v) is 11.8. The van der Waals surface area contributed by atoms with E-state index in [0.717, 1.165) is 83.7 Å². The van der Waals surface area contributed by atoms with Crippen molar-refractivity contribution in [2.24, 2.45) is 22.9 Å². The Hall–Kier alpha value is -4.34. The van der Waals surface area contributed by atoms with Crippen LogP contribution in [0.3, 0.4) is 0 Å². The van der Waals surface area contributed by atoms with Crippen LogP contribution in [0, 0.1) is 17.8 Å². The lowest BCUT2D eigenvalue weighted by Gasteiger charge is -2.58. The highest BCUT2D eigenvalue weighted by Gasteiger charge is 2.64. The molecular weight excluding hydrogens is 755 g/mol. The van der Waals surface area contributed by atoms with Crippen molar-refractivity contribution in [3.05, 3.63) is 139 Å². The summed E-state index contributed by atoms with van der Waals surface area (Å²) < 4.78 is 21.2. The number of nitrogens with zero attached hydrogens (tertiary/aromatic N) is 1. The van der Waals surface area contributed by atoms with Gasteiger partial charge in [0.2, 0.25) is 5.79 Å². The second-order valence-corrected chi connectivity index (χ2v) is 18.0. The zero-order valence-corrected chi connectivity index (χ0v) is 34.9. The van der Waals surface area contributed by atoms with Crippen molar-refractivity contribution in [3.8, 4) is 28.4 Å². The molecule has 1 aliphatic heterocycles. The number of allylic oxidation sites excluding steroid dienone is 1. The predicted octanol–water partition coefficient (Wildman–Crippen LogP) is 11.7. The van der Waals surface area contributed by atoms with Gasteiger partial charge >= 0.3 is 0 Å². The van der Waals surface area contributed by atoms with Crippen molar-refractivity contribution < 1.29 is 29.3 Å². The third-order valence-corrected chi connectivity index (χ3v) is 14.4. The summed E-state index contributed by atoms with van der Waals surface area (Å²) in [7, 11) is 0. The minimum absolute atomic E-state index is 0.0108. The van der Waals surface area contributed by atoms with E-state index in [-0.39, 0.29) is 42.1 Å². The first-order chi connectivity index (χ1) is 29.1. The lowest BCUT2D eigenvalue weighted by Crippen LogP contribution is -2.64. The van der Waals surface area contributed by atoms with Gasteiger partial charge in [0.15, 0.2) is 0 Å². The van der Waals surface area contributed by atoms with Gasteiger partial charge in [0.05, 0.1) is 23.5 Å². The number of hydrogen-bond acceptors (Lipinski definition) is 8. The predicted molar refractivity (Wildman–Crippen MR) is 238 cm³/mol. The maximum absolute atomic E-state index is 9.98. The molecular formula is C51H59NO6S. The van der Waals surface area contributed by atoms with Gasteiger partial charge in [0.25, 0.3) is 0 Å². The molecule has 59 heavy (non-hydrogen) atoms. The lowest BCUT2D eigenvalue weighted by atomic mass is 9.56. The quantitative estimate of drug-likeness (QED) is 0.0553. The number of ether oxygens (including phenoxy) is 3. The summed E-state index contributed by atoms with van der Waals surface area (Å²) in [5.41, 5.74) is 6.62. The minimum Gasteiger partial charge on any atom is -0.460 e. The minimum atomic E-state index is -0.968. The van der Waals surface area contributed by atoms with Crippen LogP contribution < -0.4 is 9.47 Å². The Morgan fingerprint density at radius 3 is 2.24 bits per heavy atom. The second-order valence-electron chi connectivity index (χ2n) is 16.5. The van der Waals surface area contributed by atoms with E-state index in [1.807, 2.05) is 60.3 Å². The van der Waals surface area contributed by atoms with Gasteiger partial charge < -0.3 is 29.3 Å². The number of hydrogen-bond donors (Lipinski definition) is 2. The fraction of sp³-hybridized carbons (Fsp3) is 0.431. The van der Waals surface area contributed by atoms with Gasteiger partial charge in [0.1, 0.15) is 23.9 Å². The van der Waals surface area contributed by atoms with E-state index in [1.54, 1.807) is 0 Å². The molecule has 2 saturated carbocycles. The van der Waals surface area contributed by atoms with Gasteiger partial charge in [-0.15, -0.1) is 18.3 Å². The van der Waals surface area contributed by atoms with E-state index >= 15 is 0 Å². The van der Waals surface area contributed by atoms with Gasteiger partial charge in [-0.05, 0) is 103 Å². The zero-order valence-electron chi connectivity index (χ0n) is 34.1. The van der Waals surface area contributed by atoms with Crippen molar-refractivity contribution in [2.45, 2.75) is 99.4 Å². The number of rotatable bonds is 19. The van der Waals surface area contributed by atoms with Crippen LogP contribution in [0.15, 0.2) is 133 Å². The number of oxime groups is 1. The van der Waals surface area contributed by atoms with Crippen molar-refractivity contribution in [1.29, 1.82) is 0 Å². The molecule has 4 aromatic carbocycles. The van der Waals surface area contributed by atoms with Crippen LogP contribution in [0.4, 0.5) is 0 Å². The molecule has 6 atom stereocenters. The Labute approximate surface area is 354 Å². The first-order valence-corrected chi connectivity index (χ1v) is 22.8. The number of fused-ring (bicyclic) bond motifs is 2. The van der Waals surface area contributed by atoms with Crippen LogP contribution in [0.25, 0.3) is 11.1 Å². The van der Waals surface area contributed by atoms with E-state index in [2.05, 4.69) is 73.3 Å². The molecule has 7 nitrogen and oxygen atoms in total. The molecule has 0 aromatic heterocycles. The van der Waals surface area contributed by atoms with E-state index in [4.69, 9.17) is 24.2 Å². The Bertz CT molecular complexity index is 2030. The topological polar surface area (TPSA) is 89.7 Å². The maximum Gasteiger partial charge on any atom is 0.230 e. The molecule has 8 heteroatoms. The average Bonchev–Trinajstić information content (AvgIpc) is 3.79. The summed E-state index contributed by atoms with van der Waals surface area (Å²) >= 11 is 2.02. The molecule has 0 bridgehead atoms. The lowest BCUT2D eigenvalue weighted by molar-refractivity contribution is -0.223. The molecule has 310 valence electrons. The van der Waals surface area contributed by atoms with Gasteiger partial charge in [-0.2, -0.15) is 0 Å². The molecule has 4 aliphatic rings. The first-order valence-electron chi connectivity index (χ1n) is 21.8. The molecule has 8 rings (SSSR count). The summed E-state index contributed by atoms with van der Waals surface area (Å²) in [6, 6.07) is 35.2. The van der Waals surface area contributed by atoms with Gasteiger partial charge in [-0.25, -0.2) is 0 Å². The molecule has 2 N–H and O–H groups in total. The van der Waals surface area contributed by atoms with Crippen molar-refractivity contribution in [2.75, 3.05) is 19.8 Å². The maximum atomic E-state index is 9.98. The molecule has 0 amide bonds. The highest BCUT2D eigenvalue weighted by Crippen LogP contribution is 2.63. The summed E-state index contributed by atoms with van der Waals surface area (Å²) in [6.45, 7) is 5.19. The van der Waals surface area contributed by atoms with E-state index in [1.165, 1.54) is 31.2 Å². The average molecular weight is 814 g/mol. The molecule has 2 fully saturated rings. The second kappa shape index (κ2) is 19.8. The number of benzene rings is 4. The summed E-state index contributed by atoms with van der Waals surface area (Å²) in [5.74, 6) is 1.68. The normalized spacial score (nSPS) is 25.4. The van der Waals surface area contributed by atoms with Crippen LogP contribution in [0.5, 0.6) is 17.2 Å². The number of unbranched alkanes of at least 4 members (excludes halogenated alkanes) is 2.